The van der Waals surface area contributed by atoms with E-state index in [-0.39, 0.29) is 5.41 Å². The summed E-state index contributed by atoms with van der Waals surface area (Å²) in [6, 6.07) is 2.08. The Morgan fingerprint density at radius 3 is 2.33 bits per heavy atom. The van der Waals surface area contributed by atoms with E-state index in [9.17, 15) is 0 Å². The summed E-state index contributed by atoms with van der Waals surface area (Å²) in [5.74, 6) is 0. The summed E-state index contributed by atoms with van der Waals surface area (Å²) < 4.78 is 0. The van der Waals surface area contributed by atoms with Gasteiger partial charge < -0.3 is 0 Å². The molecule has 0 spiro atoms. The van der Waals surface area contributed by atoms with Crippen LogP contribution in [0.3, 0.4) is 0 Å². The van der Waals surface area contributed by atoms with E-state index in [1.54, 1.807) is 0 Å². The van der Waals surface area contributed by atoms with Crippen LogP contribution in [0.1, 0.15) is 34.1 Å². The van der Waals surface area contributed by atoms with Gasteiger partial charge >= 0.3 is 0 Å². The van der Waals surface area contributed by atoms with Gasteiger partial charge in [-0.2, -0.15) is 5.26 Å². The molecule has 0 aromatic carbocycles. The zero-order valence-electron chi connectivity index (χ0n) is 8.39. The second-order valence-corrected chi connectivity index (χ2v) is 3.76. The molecule has 0 aromatic heterocycles. The molecule has 0 heterocycles. The van der Waals surface area contributed by atoms with Crippen LogP contribution in [0.15, 0.2) is 23.8 Å². The van der Waals surface area contributed by atoms with Crippen LogP contribution in [-0.4, -0.2) is 0 Å². The highest BCUT2D eigenvalue weighted by molar-refractivity contribution is 5.24. The molecule has 0 N–H and O–H groups in total. The second-order valence-electron chi connectivity index (χ2n) is 3.76. The molecule has 0 bridgehead atoms. The lowest BCUT2D eigenvalue weighted by Crippen LogP contribution is -2.06. The van der Waals surface area contributed by atoms with Gasteiger partial charge in [0, 0.05) is 0 Å². The molecule has 0 unspecified atom stereocenters. The first-order chi connectivity index (χ1) is 5.52. The highest BCUT2D eigenvalue weighted by Gasteiger charge is 2.12. The van der Waals surface area contributed by atoms with Crippen LogP contribution in [-0.2, 0) is 0 Å². The number of hydrogen-bond donors (Lipinski definition) is 0. The Kier molecular flexibility index (Phi) is 4.36. The summed E-state index contributed by atoms with van der Waals surface area (Å²) in [5.41, 5.74) is 1.46. The number of rotatable bonds is 2. The van der Waals surface area contributed by atoms with E-state index in [1.165, 1.54) is 5.57 Å². The lowest BCUT2D eigenvalue weighted by atomic mass is 9.86. The van der Waals surface area contributed by atoms with Gasteiger partial charge in [0.05, 0.1) is 12.5 Å². The van der Waals surface area contributed by atoms with Gasteiger partial charge in [0.2, 0.25) is 0 Å². The lowest BCUT2D eigenvalue weighted by molar-refractivity contribution is 0.516. The molecule has 0 amide bonds. The molecule has 1 nitrogen and oxygen atoms in total. The van der Waals surface area contributed by atoms with E-state index >= 15 is 0 Å². The van der Waals surface area contributed by atoms with Gasteiger partial charge in [-0.05, 0) is 17.9 Å². The summed E-state index contributed by atoms with van der Waals surface area (Å²) in [4.78, 5) is 0. The standard InChI is InChI=1S/C11H17N/c1-5-10(11(2,3)4)8-6-7-9-12/h5-6,8H,7H2,1-4H3/b8-6-,10-5?. The molecule has 0 saturated carbocycles. The molecule has 12 heavy (non-hydrogen) atoms. The topological polar surface area (TPSA) is 23.8 Å². The van der Waals surface area contributed by atoms with Crippen LogP contribution in [0.25, 0.3) is 0 Å². The Morgan fingerprint density at radius 1 is 1.42 bits per heavy atom. The Hall–Kier alpha value is -1.03. The van der Waals surface area contributed by atoms with Gasteiger partial charge in [-0.3, -0.25) is 0 Å². The molecule has 0 aliphatic carbocycles. The fourth-order valence-corrected chi connectivity index (χ4v) is 1.02. The van der Waals surface area contributed by atoms with Crippen molar-refractivity contribution >= 4 is 0 Å². The van der Waals surface area contributed by atoms with Crippen molar-refractivity contribution in [3.05, 3.63) is 23.8 Å². The maximum atomic E-state index is 8.33. The predicted molar refractivity (Wildman–Crippen MR) is 52.6 cm³/mol. The highest BCUT2D eigenvalue weighted by atomic mass is 14.2. The Labute approximate surface area is 75.4 Å². The fraction of sp³-hybridized carbons (Fsp3) is 0.545. The fourth-order valence-electron chi connectivity index (χ4n) is 1.02. The van der Waals surface area contributed by atoms with E-state index in [1.807, 2.05) is 19.1 Å². The third-order valence-corrected chi connectivity index (χ3v) is 1.68. The van der Waals surface area contributed by atoms with Crippen molar-refractivity contribution < 1.29 is 0 Å². The van der Waals surface area contributed by atoms with Crippen molar-refractivity contribution in [2.24, 2.45) is 5.41 Å². The van der Waals surface area contributed by atoms with Crippen molar-refractivity contribution in [1.29, 1.82) is 5.26 Å². The molecule has 0 aromatic rings. The minimum Gasteiger partial charge on any atom is -0.198 e. The van der Waals surface area contributed by atoms with Crippen LogP contribution in [0, 0.1) is 16.7 Å². The minimum absolute atomic E-state index is 0.181. The zero-order chi connectivity index (χ0) is 9.61. The van der Waals surface area contributed by atoms with Gasteiger partial charge in [-0.25, -0.2) is 0 Å². The summed E-state index contributed by atoms with van der Waals surface area (Å²) in [7, 11) is 0. The first-order valence-corrected chi connectivity index (χ1v) is 4.22. The molecule has 0 aliphatic heterocycles. The van der Waals surface area contributed by atoms with Crippen molar-refractivity contribution in [2.75, 3.05) is 0 Å². The number of allylic oxidation sites excluding steroid dienone is 4. The summed E-state index contributed by atoms with van der Waals surface area (Å²) >= 11 is 0. The van der Waals surface area contributed by atoms with Gasteiger partial charge in [0.15, 0.2) is 0 Å². The van der Waals surface area contributed by atoms with E-state index < -0.39 is 0 Å². The van der Waals surface area contributed by atoms with Crippen LogP contribution in [0.2, 0.25) is 0 Å². The Morgan fingerprint density at radius 2 is 2.00 bits per heavy atom. The maximum absolute atomic E-state index is 8.33. The highest BCUT2D eigenvalue weighted by Crippen LogP contribution is 2.25. The number of hydrogen-bond acceptors (Lipinski definition) is 1. The van der Waals surface area contributed by atoms with Crippen molar-refractivity contribution in [3.8, 4) is 6.07 Å². The van der Waals surface area contributed by atoms with Crippen LogP contribution in [0.5, 0.6) is 0 Å². The van der Waals surface area contributed by atoms with Crippen LogP contribution < -0.4 is 0 Å². The average molecular weight is 163 g/mol. The molecule has 0 aliphatic rings. The molecular formula is C11H17N. The molecule has 0 fully saturated rings. The molecule has 66 valence electrons. The quantitative estimate of drug-likeness (QED) is 0.572. The molecule has 1 heteroatoms. The minimum atomic E-state index is 0.181. The number of nitriles is 1. The smallest absolute Gasteiger partial charge is 0.0663 e. The summed E-state index contributed by atoms with van der Waals surface area (Å²) in [6.45, 7) is 8.52. The Bertz CT molecular complexity index is 220. The van der Waals surface area contributed by atoms with E-state index in [0.717, 1.165) is 0 Å². The third kappa shape index (κ3) is 3.98. The third-order valence-electron chi connectivity index (χ3n) is 1.68. The van der Waals surface area contributed by atoms with Gasteiger partial charge in [0.1, 0.15) is 0 Å². The first-order valence-electron chi connectivity index (χ1n) is 4.22. The Balaban J connectivity index is 4.33. The maximum Gasteiger partial charge on any atom is 0.0663 e. The summed E-state index contributed by atoms with van der Waals surface area (Å²) in [5, 5.41) is 8.33. The average Bonchev–Trinajstić information content (AvgIpc) is 1.95. The number of nitrogens with zero attached hydrogens (tertiary/aromatic N) is 1. The molecule has 0 saturated heterocycles. The van der Waals surface area contributed by atoms with Crippen LogP contribution >= 0.6 is 0 Å². The largest absolute Gasteiger partial charge is 0.198 e. The van der Waals surface area contributed by atoms with E-state index in [2.05, 4.69) is 32.9 Å². The van der Waals surface area contributed by atoms with E-state index in [4.69, 9.17) is 5.26 Å². The van der Waals surface area contributed by atoms with Crippen molar-refractivity contribution in [3.63, 3.8) is 0 Å². The summed E-state index contributed by atoms with van der Waals surface area (Å²) in [6.07, 6.45) is 6.52. The molecular weight excluding hydrogens is 146 g/mol. The van der Waals surface area contributed by atoms with Crippen LogP contribution in [0.4, 0.5) is 0 Å². The first kappa shape index (κ1) is 11.0. The SMILES string of the molecule is CC=C(/C=C\CC#N)C(C)(C)C. The van der Waals surface area contributed by atoms with Gasteiger partial charge in [-0.15, -0.1) is 0 Å². The molecule has 0 rings (SSSR count). The van der Waals surface area contributed by atoms with Crippen molar-refractivity contribution in [2.45, 2.75) is 34.1 Å². The van der Waals surface area contributed by atoms with Crippen molar-refractivity contribution in [1.82, 2.24) is 0 Å². The van der Waals surface area contributed by atoms with E-state index in [0.29, 0.717) is 6.42 Å². The second kappa shape index (κ2) is 4.77. The molecule has 0 atom stereocenters. The van der Waals surface area contributed by atoms with Gasteiger partial charge in [-0.1, -0.05) is 39.0 Å². The zero-order valence-corrected chi connectivity index (χ0v) is 8.39. The predicted octanol–water partition coefficient (Wildman–Crippen LogP) is 3.45. The monoisotopic (exact) mass is 163 g/mol. The normalized spacial score (nSPS) is 13.4. The lowest BCUT2D eigenvalue weighted by Gasteiger charge is -2.19. The molecule has 0 radical (unpaired) electrons. The van der Waals surface area contributed by atoms with Gasteiger partial charge in [0.25, 0.3) is 0 Å².